The molecule has 0 spiro atoms. The molecule has 0 amide bonds. The van der Waals surface area contributed by atoms with Crippen LogP contribution in [0.2, 0.25) is 0 Å². The Morgan fingerprint density at radius 2 is 1.46 bits per heavy atom. The molecule has 0 bridgehead atoms. The SMILES string of the molecule is Cc1cnc(F)cc1-c1ccc(-c2ccc(C(=O)O)cc2)cc1.Cl. The lowest BCUT2D eigenvalue weighted by Gasteiger charge is -2.08. The van der Waals surface area contributed by atoms with E-state index in [-0.39, 0.29) is 18.0 Å². The summed E-state index contributed by atoms with van der Waals surface area (Å²) in [6, 6.07) is 15.8. The Kier molecular flexibility index (Phi) is 5.31. The summed E-state index contributed by atoms with van der Waals surface area (Å²) in [6.07, 6.45) is 1.52. The third kappa shape index (κ3) is 3.60. The molecule has 5 heteroatoms. The highest BCUT2D eigenvalue weighted by atomic mass is 35.5. The lowest BCUT2D eigenvalue weighted by Crippen LogP contribution is -1.94. The first-order valence-corrected chi connectivity index (χ1v) is 7.11. The lowest BCUT2D eigenvalue weighted by molar-refractivity contribution is 0.0697. The molecule has 1 heterocycles. The van der Waals surface area contributed by atoms with E-state index in [0.29, 0.717) is 0 Å². The molecular formula is C19H15ClFNO2. The zero-order chi connectivity index (χ0) is 16.4. The van der Waals surface area contributed by atoms with E-state index in [1.165, 1.54) is 12.3 Å². The van der Waals surface area contributed by atoms with Gasteiger partial charge in [0.25, 0.3) is 0 Å². The van der Waals surface area contributed by atoms with Gasteiger partial charge in [-0.3, -0.25) is 0 Å². The number of halogens is 2. The highest BCUT2D eigenvalue weighted by Gasteiger charge is 2.06. The Balaban J connectivity index is 0.00000208. The van der Waals surface area contributed by atoms with E-state index in [4.69, 9.17) is 5.11 Å². The minimum Gasteiger partial charge on any atom is -0.478 e. The number of aryl methyl sites for hydroxylation is 1. The Morgan fingerprint density at radius 1 is 0.958 bits per heavy atom. The number of hydrogen-bond acceptors (Lipinski definition) is 2. The molecule has 0 unspecified atom stereocenters. The smallest absolute Gasteiger partial charge is 0.335 e. The number of carboxylic acid groups (broad SMARTS) is 1. The van der Waals surface area contributed by atoms with Crippen LogP contribution in [-0.2, 0) is 0 Å². The van der Waals surface area contributed by atoms with Crippen molar-refractivity contribution in [1.82, 2.24) is 4.98 Å². The first-order valence-electron chi connectivity index (χ1n) is 7.11. The molecule has 0 atom stereocenters. The van der Waals surface area contributed by atoms with Crippen LogP contribution in [0.3, 0.4) is 0 Å². The van der Waals surface area contributed by atoms with Crippen molar-refractivity contribution < 1.29 is 14.3 Å². The van der Waals surface area contributed by atoms with Crippen LogP contribution >= 0.6 is 12.4 Å². The topological polar surface area (TPSA) is 50.2 Å². The molecule has 3 nitrogen and oxygen atoms in total. The first kappa shape index (κ1) is 17.6. The number of benzene rings is 2. The van der Waals surface area contributed by atoms with Crippen molar-refractivity contribution >= 4 is 18.4 Å². The van der Waals surface area contributed by atoms with Crippen LogP contribution in [0.25, 0.3) is 22.3 Å². The summed E-state index contributed by atoms with van der Waals surface area (Å²) >= 11 is 0. The fraction of sp³-hybridized carbons (Fsp3) is 0.0526. The van der Waals surface area contributed by atoms with Crippen molar-refractivity contribution in [3.63, 3.8) is 0 Å². The number of pyridine rings is 1. The van der Waals surface area contributed by atoms with Crippen LogP contribution in [0.1, 0.15) is 15.9 Å². The first-order chi connectivity index (χ1) is 11.0. The average molecular weight is 344 g/mol. The number of aromatic carboxylic acids is 1. The Hall–Kier alpha value is -2.72. The molecule has 0 radical (unpaired) electrons. The second-order valence-corrected chi connectivity index (χ2v) is 5.28. The second kappa shape index (κ2) is 7.23. The summed E-state index contributed by atoms with van der Waals surface area (Å²) in [6.45, 7) is 1.89. The maximum Gasteiger partial charge on any atom is 0.335 e. The van der Waals surface area contributed by atoms with Gasteiger partial charge in [-0.25, -0.2) is 9.78 Å². The molecule has 3 aromatic rings. The molecule has 1 aromatic heterocycles. The van der Waals surface area contributed by atoms with Gasteiger partial charge >= 0.3 is 5.97 Å². The van der Waals surface area contributed by atoms with Crippen LogP contribution < -0.4 is 0 Å². The monoisotopic (exact) mass is 343 g/mol. The zero-order valence-electron chi connectivity index (χ0n) is 12.9. The maximum atomic E-state index is 13.3. The van der Waals surface area contributed by atoms with Crippen molar-refractivity contribution in [2.45, 2.75) is 6.92 Å². The van der Waals surface area contributed by atoms with Crippen molar-refractivity contribution in [3.8, 4) is 22.3 Å². The largest absolute Gasteiger partial charge is 0.478 e. The molecule has 0 aliphatic heterocycles. The molecule has 0 aliphatic rings. The summed E-state index contributed by atoms with van der Waals surface area (Å²) in [4.78, 5) is 14.5. The molecule has 0 saturated carbocycles. The van der Waals surface area contributed by atoms with Gasteiger partial charge < -0.3 is 5.11 Å². The second-order valence-electron chi connectivity index (χ2n) is 5.28. The number of carboxylic acids is 1. The van der Waals surface area contributed by atoms with Crippen LogP contribution in [0.4, 0.5) is 4.39 Å². The zero-order valence-corrected chi connectivity index (χ0v) is 13.7. The van der Waals surface area contributed by atoms with Crippen LogP contribution in [-0.4, -0.2) is 16.1 Å². The molecule has 24 heavy (non-hydrogen) atoms. The number of aromatic nitrogens is 1. The van der Waals surface area contributed by atoms with E-state index in [1.54, 1.807) is 24.3 Å². The van der Waals surface area contributed by atoms with E-state index in [1.807, 2.05) is 31.2 Å². The average Bonchev–Trinajstić information content (AvgIpc) is 2.57. The van der Waals surface area contributed by atoms with E-state index in [0.717, 1.165) is 27.8 Å². The quantitative estimate of drug-likeness (QED) is 0.682. The predicted octanol–water partition coefficient (Wildman–Crippen LogP) is 4.98. The fourth-order valence-electron chi connectivity index (χ4n) is 2.46. The van der Waals surface area contributed by atoms with Crippen LogP contribution in [0, 0.1) is 12.9 Å². The van der Waals surface area contributed by atoms with E-state index in [9.17, 15) is 9.18 Å². The summed E-state index contributed by atoms with van der Waals surface area (Å²) in [7, 11) is 0. The van der Waals surface area contributed by atoms with E-state index in [2.05, 4.69) is 4.98 Å². The molecular weight excluding hydrogens is 329 g/mol. The summed E-state index contributed by atoms with van der Waals surface area (Å²) < 4.78 is 13.3. The molecule has 122 valence electrons. The van der Waals surface area contributed by atoms with Gasteiger partial charge in [0.1, 0.15) is 0 Å². The van der Waals surface area contributed by atoms with Gasteiger partial charge in [-0.2, -0.15) is 4.39 Å². The standard InChI is InChI=1S/C19H14FNO2.ClH/c1-12-11-21-18(20)10-17(12)15-6-2-13(3-7-15)14-4-8-16(9-5-14)19(22)23;/h2-11H,1H3,(H,22,23);1H. The number of nitrogens with zero attached hydrogens (tertiary/aromatic N) is 1. The predicted molar refractivity (Wildman–Crippen MR) is 94.0 cm³/mol. The highest BCUT2D eigenvalue weighted by Crippen LogP contribution is 2.27. The summed E-state index contributed by atoms with van der Waals surface area (Å²) in [5.74, 6) is -1.44. The van der Waals surface area contributed by atoms with Gasteiger partial charge in [-0.1, -0.05) is 36.4 Å². The van der Waals surface area contributed by atoms with Gasteiger partial charge in [0.2, 0.25) is 5.95 Å². The van der Waals surface area contributed by atoms with Crippen molar-refractivity contribution in [2.24, 2.45) is 0 Å². The molecule has 3 rings (SSSR count). The molecule has 2 aromatic carbocycles. The minimum absolute atomic E-state index is 0. The summed E-state index contributed by atoms with van der Waals surface area (Å²) in [5.41, 5.74) is 4.79. The maximum absolute atomic E-state index is 13.3. The molecule has 0 saturated heterocycles. The molecule has 1 N–H and O–H groups in total. The third-order valence-corrected chi connectivity index (χ3v) is 3.73. The van der Waals surface area contributed by atoms with Gasteiger partial charge in [-0.05, 0) is 46.9 Å². The Labute approximate surface area is 145 Å². The number of rotatable bonds is 3. The minimum atomic E-state index is -0.943. The Morgan fingerprint density at radius 3 is 2.00 bits per heavy atom. The number of hydrogen-bond donors (Lipinski definition) is 1. The summed E-state index contributed by atoms with van der Waals surface area (Å²) in [5, 5.41) is 8.92. The number of carbonyl (C=O) groups is 1. The normalized spacial score (nSPS) is 10.1. The van der Waals surface area contributed by atoms with Gasteiger partial charge in [0, 0.05) is 12.3 Å². The van der Waals surface area contributed by atoms with Gasteiger partial charge in [0.05, 0.1) is 5.56 Å². The van der Waals surface area contributed by atoms with E-state index < -0.39 is 11.9 Å². The van der Waals surface area contributed by atoms with Crippen molar-refractivity contribution in [2.75, 3.05) is 0 Å². The van der Waals surface area contributed by atoms with Crippen molar-refractivity contribution in [3.05, 3.63) is 77.9 Å². The van der Waals surface area contributed by atoms with Gasteiger partial charge in [0.15, 0.2) is 0 Å². The van der Waals surface area contributed by atoms with Crippen LogP contribution in [0.5, 0.6) is 0 Å². The van der Waals surface area contributed by atoms with Crippen molar-refractivity contribution in [1.29, 1.82) is 0 Å². The van der Waals surface area contributed by atoms with Crippen LogP contribution in [0.15, 0.2) is 60.8 Å². The third-order valence-electron chi connectivity index (χ3n) is 3.73. The molecule has 0 aliphatic carbocycles. The van der Waals surface area contributed by atoms with Gasteiger partial charge in [-0.15, -0.1) is 12.4 Å². The molecule has 0 fully saturated rings. The lowest BCUT2D eigenvalue weighted by atomic mass is 9.98. The van der Waals surface area contributed by atoms with E-state index >= 15 is 0 Å². The fourth-order valence-corrected chi connectivity index (χ4v) is 2.46. The Bertz CT molecular complexity index is 862. The highest BCUT2D eigenvalue weighted by molar-refractivity contribution is 5.88.